The van der Waals surface area contributed by atoms with Crippen LogP contribution in [0.3, 0.4) is 0 Å². The van der Waals surface area contributed by atoms with Crippen LogP contribution < -0.4 is 11.2 Å². The maximum Gasteiger partial charge on any atom is 0.0452 e. The van der Waals surface area contributed by atoms with Crippen molar-refractivity contribution >= 4 is 5.71 Å². The maximum absolute atomic E-state index is 5.49. The van der Waals surface area contributed by atoms with Crippen molar-refractivity contribution in [3.8, 4) is 0 Å². The average molecular weight is 235 g/mol. The zero-order valence-electron chi connectivity index (χ0n) is 10.9. The number of nitrogens with one attached hydrogen (secondary N) is 1. The van der Waals surface area contributed by atoms with Crippen molar-refractivity contribution in [3.63, 3.8) is 0 Å². The zero-order valence-corrected chi connectivity index (χ0v) is 10.9. The molecule has 96 valence electrons. The normalized spacial score (nSPS) is 44.1. The van der Waals surface area contributed by atoms with Gasteiger partial charge < -0.3 is 11.2 Å². The molecule has 0 heterocycles. The fourth-order valence-corrected chi connectivity index (χ4v) is 4.91. The highest BCUT2D eigenvalue weighted by atomic mass is 15.3. The standard InChI is InChI=1S/C14H25N3/c1-10(17-16-3-2-15)14-7-11-4-12(8-14)6-13(5-11)9-14/h11-13,16H,2-9,15H2,1H3/b17-10+. The van der Waals surface area contributed by atoms with Gasteiger partial charge in [0.1, 0.15) is 0 Å². The molecule has 4 aliphatic carbocycles. The van der Waals surface area contributed by atoms with Gasteiger partial charge in [-0.15, -0.1) is 0 Å². The molecule has 0 amide bonds. The van der Waals surface area contributed by atoms with E-state index in [0.29, 0.717) is 12.0 Å². The Kier molecular flexibility index (Phi) is 2.89. The second kappa shape index (κ2) is 4.27. The van der Waals surface area contributed by atoms with E-state index in [9.17, 15) is 0 Å². The van der Waals surface area contributed by atoms with Gasteiger partial charge in [0, 0.05) is 24.2 Å². The summed E-state index contributed by atoms with van der Waals surface area (Å²) in [6.45, 7) is 3.69. The molecule has 3 heteroatoms. The molecule has 4 rings (SSSR count). The van der Waals surface area contributed by atoms with E-state index >= 15 is 0 Å². The van der Waals surface area contributed by atoms with E-state index in [-0.39, 0.29) is 0 Å². The minimum Gasteiger partial charge on any atom is -0.329 e. The van der Waals surface area contributed by atoms with Gasteiger partial charge in [0.2, 0.25) is 0 Å². The molecule has 4 fully saturated rings. The summed E-state index contributed by atoms with van der Waals surface area (Å²) in [6, 6.07) is 0. The summed E-state index contributed by atoms with van der Waals surface area (Å²) in [5, 5.41) is 4.59. The van der Waals surface area contributed by atoms with Crippen LogP contribution in [0, 0.1) is 23.2 Å². The highest BCUT2D eigenvalue weighted by molar-refractivity contribution is 5.88. The predicted molar refractivity (Wildman–Crippen MR) is 70.8 cm³/mol. The Hall–Kier alpha value is -0.570. The van der Waals surface area contributed by atoms with Gasteiger partial charge >= 0.3 is 0 Å². The van der Waals surface area contributed by atoms with Crippen LogP contribution in [0.5, 0.6) is 0 Å². The van der Waals surface area contributed by atoms with Gasteiger partial charge in [-0.2, -0.15) is 5.10 Å². The largest absolute Gasteiger partial charge is 0.329 e. The van der Waals surface area contributed by atoms with E-state index in [0.717, 1.165) is 24.3 Å². The van der Waals surface area contributed by atoms with Crippen molar-refractivity contribution in [2.45, 2.75) is 45.4 Å². The molecule has 0 aliphatic heterocycles. The number of hydrogen-bond donors (Lipinski definition) is 2. The van der Waals surface area contributed by atoms with Crippen LogP contribution in [0.15, 0.2) is 5.10 Å². The van der Waals surface area contributed by atoms with Crippen LogP contribution >= 0.6 is 0 Å². The minimum atomic E-state index is 0.455. The molecule has 0 atom stereocenters. The van der Waals surface area contributed by atoms with Crippen LogP contribution in [0.25, 0.3) is 0 Å². The van der Waals surface area contributed by atoms with Gasteiger partial charge in [-0.3, -0.25) is 0 Å². The topological polar surface area (TPSA) is 50.4 Å². The summed E-state index contributed by atoms with van der Waals surface area (Å²) in [7, 11) is 0. The van der Waals surface area contributed by atoms with Gasteiger partial charge in [-0.05, 0) is 63.2 Å². The van der Waals surface area contributed by atoms with Crippen LogP contribution in [0.2, 0.25) is 0 Å². The fourth-order valence-electron chi connectivity index (χ4n) is 4.91. The lowest BCUT2D eigenvalue weighted by molar-refractivity contribution is -0.0128. The fraction of sp³-hybridized carbons (Fsp3) is 0.929. The molecule has 0 radical (unpaired) electrons. The maximum atomic E-state index is 5.49. The number of rotatable bonds is 4. The predicted octanol–water partition coefficient (Wildman–Crippen LogP) is 2.13. The molecule has 3 N–H and O–H groups in total. The molecule has 0 spiro atoms. The van der Waals surface area contributed by atoms with E-state index < -0.39 is 0 Å². The van der Waals surface area contributed by atoms with E-state index in [4.69, 9.17) is 5.73 Å². The highest BCUT2D eigenvalue weighted by Crippen LogP contribution is 2.60. The Morgan fingerprint density at radius 2 is 1.71 bits per heavy atom. The Morgan fingerprint density at radius 3 is 2.18 bits per heavy atom. The lowest BCUT2D eigenvalue weighted by atomic mass is 9.48. The summed E-state index contributed by atoms with van der Waals surface area (Å²) in [5.41, 5.74) is 10.4. The van der Waals surface area contributed by atoms with Crippen LogP contribution in [0.4, 0.5) is 0 Å². The second-order valence-corrected chi connectivity index (χ2v) is 6.59. The summed E-state index contributed by atoms with van der Waals surface area (Å²) in [6.07, 6.45) is 8.71. The molecule has 0 aromatic heterocycles. The third kappa shape index (κ3) is 1.99. The minimum absolute atomic E-state index is 0.455. The van der Waals surface area contributed by atoms with Gasteiger partial charge in [-0.25, -0.2) is 0 Å². The molecule has 4 saturated carbocycles. The van der Waals surface area contributed by atoms with Gasteiger partial charge in [0.25, 0.3) is 0 Å². The summed E-state index contributed by atoms with van der Waals surface area (Å²) in [4.78, 5) is 0. The third-order valence-electron chi connectivity index (χ3n) is 5.31. The Morgan fingerprint density at radius 1 is 1.18 bits per heavy atom. The lowest BCUT2D eigenvalue weighted by Crippen LogP contribution is -2.49. The van der Waals surface area contributed by atoms with Crippen LogP contribution in [0.1, 0.15) is 45.4 Å². The van der Waals surface area contributed by atoms with E-state index in [1.807, 2.05) is 0 Å². The molecular weight excluding hydrogens is 210 g/mol. The summed E-state index contributed by atoms with van der Waals surface area (Å²) < 4.78 is 0. The van der Waals surface area contributed by atoms with E-state index in [1.54, 1.807) is 0 Å². The zero-order chi connectivity index (χ0) is 11.9. The molecule has 0 unspecified atom stereocenters. The van der Waals surface area contributed by atoms with Crippen molar-refractivity contribution in [2.75, 3.05) is 13.1 Å². The third-order valence-corrected chi connectivity index (χ3v) is 5.31. The van der Waals surface area contributed by atoms with Gasteiger partial charge in [0.05, 0.1) is 0 Å². The van der Waals surface area contributed by atoms with E-state index in [1.165, 1.54) is 44.2 Å². The van der Waals surface area contributed by atoms with Crippen molar-refractivity contribution in [1.29, 1.82) is 0 Å². The lowest BCUT2D eigenvalue weighted by Gasteiger charge is -2.56. The average Bonchev–Trinajstić information content (AvgIpc) is 2.27. The van der Waals surface area contributed by atoms with Crippen LogP contribution in [-0.2, 0) is 0 Å². The Balaban J connectivity index is 1.75. The monoisotopic (exact) mass is 235 g/mol. The summed E-state index contributed by atoms with van der Waals surface area (Å²) in [5.74, 6) is 3.00. The quantitative estimate of drug-likeness (QED) is 0.445. The van der Waals surface area contributed by atoms with Gasteiger partial charge in [-0.1, -0.05) is 0 Å². The smallest absolute Gasteiger partial charge is 0.0452 e. The summed E-state index contributed by atoms with van der Waals surface area (Å²) >= 11 is 0. The Bertz CT molecular complexity index is 286. The molecule has 4 bridgehead atoms. The molecule has 0 aromatic rings. The first kappa shape index (κ1) is 11.5. The molecule has 0 saturated heterocycles. The molecule has 4 aliphatic rings. The molecule has 3 nitrogen and oxygen atoms in total. The van der Waals surface area contributed by atoms with E-state index in [2.05, 4.69) is 17.5 Å². The number of nitrogens with zero attached hydrogens (tertiary/aromatic N) is 1. The first-order chi connectivity index (χ1) is 8.22. The number of hydrogen-bond acceptors (Lipinski definition) is 3. The van der Waals surface area contributed by atoms with Gasteiger partial charge in [0.15, 0.2) is 0 Å². The van der Waals surface area contributed by atoms with Crippen molar-refractivity contribution in [1.82, 2.24) is 5.43 Å². The molecular formula is C14H25N3. The first-order valence-corrected chi connectivity index (χ1v) is 7.19. The van der Waals surface area contributed by atoms with Crippen molar-refractivity contribution in [3.05, 3.63) is 0 Å². The van der Waals surface area contributed by atoms with Crippen molar-refractivity contribution < 1.29 is 0 Å². The highest BCUT2D eigenvalue weighted by Gasteiger charge is 2.52. The SMILES string of the molecule is C/C(=N\NCCN)C12CC3CC(CC(C3)C1)C2. The van der Waals surface area contributed by atoms with Crippen molar-refractivity contribution in [2.24, 2.45) is 34.0 Å². The Labute approximate surface area is 104 Å². The molecule has 0 aromatic carbocycles. The second-order valence-electron chi connectivity index (χ2n) is 6.59. The molecule has 17 heavy (non-hydrogen) atoms. The number of nitrogens with two attached hydrogens (primary N) is 1. The first-order valence-electron chi connectivity index (χ1n) is 7.19. The number of hydrazone groups is 1. The van der Waals surface area contributed by atoms with Crippen LogP contribution in [-0.4, -0.2) is 18.8 Å².